The highest BCUT2D eigenvalue weighted by Gasteiger charge is 2.08. The number of aromatic nitrogens is 2. The fraction of sp³-hybridized carbons (Fsp3) is 0.444. The standard InChI is InChI=1S/C9H12N2O4S/c1-5-6(2-3-12)8(15)11-9(10-5)16-4-7(13)14/h12H,2-4H2,1H3,(H,13,14)(H,10,11,15). The molecule has 0 bridgehead atoms. The van der Waals surface area contributed by atoms with Gasteiger partial charge >= 0.3 is 5.97 Å². The van der Waals surface area contributed by atoms with Gasteiger partial charge in [-0.2, -0.15) is 0 Å². The molecule has 1 heterocycles. The molecule has 0 saturated heterocycles. The van der Waals surface area contributed by atoms with Crippen molar-refractivity contribution in [3.05, 3.63) is 21.6 Å². The second kappa shape index (κ2) is 5.66. The number of nitrogens with zero attached hydrogens (tertiary/aromatic N) is 1. The molecule has 0 unspecified atom stereocenters. The van der Waals surface area contributed by atoms with Gasteiger partial charge in [0.05, 0.1) is 5.75 Å². The maximum Gasteiger partial charge on any atom is 0.313 e. The van der Waals surface area contributed by atoms with Gasteiger partial charge in [0.2, 0.25) is 0 Å². The molecule has 0 fully saturated rings. The van der Waals surface area contributed by atoms with Crippen molar-refractivity contribution in [1.29, 1.82) is 0 Å². The molecule has 0 amide bonds. The summed E-state index contributed by atoms with van der Waals surface area (Å²) < 4.78 is 0. The molecule has 6 nitrogen and oxygen atoms in total. The first-order valence-corrected chi connectivity index (χ1v) is 5.58. The average molecular weight is 244 g/mol. The first kappa shape index (κ1) is 12.7. The van der Waals surface area contributed by atoms with Gasteiger partial charge in [-0.1, -0.05) is 11.8 Å². The number of H-pyrrole nitrogens is 1. The molecule has 0 aliphatic carbocycles. The molecule has 88 valence electrons. The number of carbonyl (C=O) groups is 1. The van der Waals surface area contributed by atoms with Gasteiger partial charge in [-0.3, -0.25) is 9.59 Å². The Bertz CT molecular complexity index is 444. The summed E-state index contributed by atoms with van der Waals surface area (Å²) in [4.78, 5) is 28.4. The number of thioether (sulfide) groups is 1. The van der Waals surface area contributed by atoms with E-state index in [1.165, 1.54) is 0 Å². The fourth-order valence-corrected chi connectivity index (χ4v) is 1.82. The first-order chi connectivity index (χ1) is 7.54. The predicted molar refractivity (Wildman–Crippen MR) is 58.7 cm³/mol. The van der Waals surface area contributed by atoms with Gasteiger partial charge < -0.3 is 15.2 Å². The van der Waals surface area contributed by atoms with Crippen molar-refractivity contribution in [2.45, 2.75) is 18.5 Å². The normalized spacial score (nSPS) is 10.4. The van der Waals surface area contributed by atoms with Gasteiger partial charge in [0.1, 0.15) is 0 Å². The summed E-state index contributed by atoms with van der Waals surface area (Å²) >= 11 is 0.955. The van der Waals surface area contributed by atoms with Crippen molar-refractivity contribution < 1.29 is 15.0 Å². The van der Waals surface area contributed by atoms with E-state index in [-0.39, 0.29) is 29.5 Å². The molecule has 0 radical (unpaired) electrons. The van der Waals surface area contributed by atoms with Crippen LogP contribution in [0.3, 0.4) is 0 Å². The summed E-state index contributed by atoms with van der Waals surface area (Å²) in [6.07, 6.45) is 0.248. The Balaban J connectivity index is 2.91. The summed E-state index contributed by atoms with van der Waals surface area (Å²) in [5.74, 6) is -1.12. The number of hydrogen-bond acceptors (Lipinski definition) is 5. The van der Waals surface area contributed by atoms with Crippen molar-refractivity contribution in [2.75, 3.05) is 12.4 Å². The fourth-order valence-electron chi connectivity index (χ4n) is 1.19. The number of rotatable bonds is 5. The lowest BCUT2D eigenvalue weighted by atomic mass is 10.2. The van der Waals surface area contributed by atoms with Crippen molar-refractivity contribution in [2.24, 2.45) is 0 Å². The highest BCUT2D eigenvalue weighted by atomic mass is 32.2. The zero-order valence-electron chi connectivity index (χ0n) is 8.69. The Morgan fingerprint density at radius 1 is 1.56 bits per heavy atom. The first-order valence-electron chi connectivity index (χ1n) is 4.60. The van der Waals surface area contributed by atoms with Crippen LogP contribution in [0, 0.1) is 6.92 Å². The highest BCUT2D eigenvalue weighted by molar-refractivity contribution is 7.99. The molecular weight excluding hydrogens is 232 g/mol. The molecule has 0 saturated carbocycles. The van der Waals surface area contributed by atoms with Crippen molar-refractivity contribution >= 4 is 17.7 Å². The van der Waals surface area contributed by atoms with E-state index in [4.69, 9.17) is 10.2 Å². The van der Waals surface area contributed by atoms with Crippen LogP contribution >= 0.6 is 11.8 Å². The molecule has 7 heteroatoms. The Morgan fingerprint density at radius 2 is 2.25 bits per heavy atom. The maximum atomic E-state index is 11.5. The van der Waals surface area contributed by atoms with Crippen LogP contribution in [-0.4, -0.2) is 38.5 Å². The van der Waals surface area contributed by atoms with Crippen LogP contribution in [0.25, 0.3) is 0 Å². The van der Waals surface area contributed by atoms with Gasteiger partial charge in [-0.25, -0.2) is 4.98 Å². The molecule has 1 aromatic rings. The average Bonchev–Trinajstić information content (AvgIpc) is 2.20. The summed E-state index contributed by atoms with van der Waals surface area (Å²) in [6.45, 7) is 1.54. The van der Waals surface area contributed by atoms with Crippen LogP contribution in [-0.2, 0) is 11.2 Å². The number of hydrogen-bond donors (Lipinski definition) is 3. The SMILES string of the molecule is Cc1nc(SCC(=O)O)[nH]c(=O)c1CCO. The molecule has 1 rings (SSSR count). The number of aryl methyl sites for hydroxylation is 1. The number of carboxylic acids is 1. The van der Waals surface area contributed by atoms with Crippen LogP contribution in [0.15, 0.2) is 9.95 Å². The van der Waals surface area contributed by atoms with E-state index < -0.39 is 5.97 Å². The highest BCUT2D eigenvalue weighted by Crippen LogP contribution is 2.12. The minimum absolute atomic E-state index is 0.118. The lowest BCUT2D eigenvalue weighted by Crippen LogP contribution is -2.18. The van der Waals surface area contributed by atoms with E-state index in [0.717, 1.165) is 11.8 Å². The van der Waals surface area contributed by atoms with Crippen molar-refractivity contribution in [3.8, 4) is 0 Å². The van der Waals surface area contributed by atoms with Gasteiger partial charge in [-0.15, -0.1) is 0 Å². The number of nitrogens with one attached hydrogen (secondary N) is 1. The van der Waals surface area contributed by atoms with Crippen molar-refractivity contribution in [1.82, 2.24) is 9.97 Å². The van der Waals surface area contributed by atoms with Crippen LogP contribution in [0.5, 0.6) is 0 Å². The number of aliphatic hydroxyl groups is 1. The lowest BCUT2D eigenvalue weighted by molar-refractivity contribution is -0.133. The van der Waals surface area contributed by atoms with Gasteiger partial charge in [0.15, 0.2) is 5.16 Å². The third-order valence-electron chi connectivity index (χ3n) is 1.89. The minimum Gasteiger partial charge on any atom is -0.481 e. The Kier molecular flexibility index (Phi) is 4.51. The zero-order chi connectivity index (χ0) is 12.1. The van der Waals surface area contributed by atoms with Gasteiger partial charge in [0, 0.05) is 24.3 Å². The number of carboxylic acid groups (broad SMARTS) is 1. The monoisotopic (exact) mass is 244 g/mol. The van der Waals surface area contributed by atoms with Gasteiger partial charge in [-0.05, 0) is 6.92 Å². The van der Waals surface area contributed by atoms with E-state index in [0.29, 0.717) is 11.3 Å². The third kappa shape index (κ3) is 3.35. The van der Waals surface area contributed by atoms with Crippen LogP contribution in [0.1, 0.15) is 11.3 Å². The van der Waals surface area contributed by atoms with Gasteiger partial charge in [0.25, 0.3) is 5.56 Å². The second-order valence-corrected chi connectivity index (χ2v) is 4.06. The molecule has 3 N–H and O–H groups in total. The van der Waals surface area contributed by atoms with Crippen molar-refractivity contribution in [3.63, 3.8) is 0 Å². The van der Waals surface area contributed by atoms with E-state index in [1.54, 1.807) is 6.92 Å². The molecule has 0 aliphatic rings. The second-order valence-electron chi connectivity index (χ2n) is 3.09. The molecule has 0 atom stereocenters. The summed E-state index contributed by atoms with van der Waals surface area (Å²) in [5.41, 5.74) is 0.627. The van der Waals surface area contributed by atoms with Crippen LogP contribution in [0.2, 0.25) is 0 Å². The molecule has 0 aromatic carbocycles. The predicted octanol–water partition coefficient (Wildman–Crippen LogP) is -0.210. The van der Waals surface area contributed by atoms with Crippen LogP contribution in [0.4, 0.5) is 0 Å². The zero-order valence-corrected chi connectivity index (χ0v) is 9.50. The molecule has 16 heavy (non-hydrogen) atoms. The Hall–Kier alpha value is -1.34. The molecule has 0 aliphatic heterocycles. The summed E-state index contributed by atoms with van der Waals surface area (Å²) in [6, 6.07) is 0. The Labute approximate surface area is 95.7 Å². The van der Waals surface area contributed by atoms with E-state index in [9.17, 15) is 9.59 Å². The third-order valence-corrected chi connectivity index (χ3v) is 2.75. The smallest absolute Gasteiger partial charge is 0.313 e. The van der Waals surface area contributed by atoms with Crippen LogP contribution < -0.4 is 5.56 Å². The maximum absolute atomic E-state index is 11.5. The minimum atomic E-state index is -0.968. The molecular formula is C9H12N2O4S. The summed E-state index contributed by atoms with van der Waals surface area (Å²) in [5, 5.41) is 17.5. The quantitative estimate of drug-likeness (QED) is 0.489. The number of aromatic amines is 1. The Morgan fingerprint density at radius 3 is 2.75 bits per heavy atom. The van der Waals surface area contributed by atoms with E-state index in [2.05, 4.69) is 9.97 Å². The number of aliphatic carboxylic acids is 1. The molecule has 1 aromatic heterocycles. The molecule has 0 spiro atoms. The summed E-state index contributed by atoms with van der Waals surface area (Å²) in [7, 11) is 0. The van der Waals surface area contributed by atoms with E-state index >= 15 is 0 Å². The van der Waals surface area contributed by atoms with E-state index in [1.807, 2.05) is 0 Å². The number of aliphatic hydroxyl groups excluding tert-OH is 1. The largest absolute Gasteiger partial charge is 0.481 e. The topological polar surface area (TPSA) is 103 Å². The lowest BCUT2D eigenvalue weighted by Gasteiger charge is -2.04.